The number of carbonyl (C=O) groups excluding carboxylic acids is 1. The molecule has 6 nitrogen and oxygen atoms in total. The third-order valence-corrected chi connectivity index (χ3v) is 5.20. The summed E-state index contributed by atoms with van der Waals surface area (Å²) in [5.74, 6) is 0.908. The molecule has 0 spiro atoms. The van der Waals surface area contributed by atoms with Crippen LogP contribution in [0.25, 0.3) is 0 Å². The number of nitrogens with one attached hydrogen (secondary N) is 1. The Morgan fingerprint density at radius 3 is 2.33 bits per heavy atom. The van der Waals surface area contributed by atoms with Crippen LogP contribution in [0, 0.1) is 0 Å². The van der Waals surface area contributed by atoms with Crippen molar-refractivity contribution in [2.24, 2.45) is 0 Å². The molecule has 1 aliphatic heterocycles. The number of rotatable bonds is 6. The largest absolute Gasteiger partial charge is 0.496 e. The van der Waals surface area contributed by atoms with Crippen LogP contribution in [0.1, 0.15) is 29.6 Å². The summed E-state index contributed by atoms with van der Waals surface area (Å²) in [5, 5.41) is 3.11. The van der Waals surface area contributed by atoms with Crippen molar-refractivity contribution >= 4 is 5.91 Å². The number of hydrogen-bond acceptors (Lipinski definition) is 5. The van der Waals surface area contributed by atoms with Crippen LogP contribution in [0.3, 0.4) is 0 Å². The normalized spacial score (nSPS) is 20.1. The molecule has 0 aromatic heterocycles. The Balaban J connectivity index is 1.71. The van der Waals surface area contributed by atoms with E-state index in [1.807, 2.05) is 6.07 Å². The second-order valence-corrected chi connectivity index (χ2v) is 6.40. The van der Waals surface area contributed by atoms with Crippen molar-refractivity contribution in [3.63, 3.8) is 0 Å². The van der Waals surface area contributed by atoms with Crippen LogP contribution in [0.2, 0.25) is 0 Å². The zero-order valence-electron chi connectivity index (χ0n) is 14.5. The van der Waals surface area contributed by atoms with Gasteiger partial charge < -0.3 is 19.5 Å². The maximum absolute atomic E-state index is 12.8. The van der Waals surface area contributed by atoms with E-state index < -0.39 is 0 Å². The Morgan fingerprint density at radius 2 is 1.83 bits per heavy atom. The Kier molecular flexibility index (Phi) is 5.26. The van der Waals surface area contributed by atoms with E-state index >= 15 is 0 Å². The molecule has 0 unspecified atom stereocenters. The minimum atomic E-state index is -0.149. The lowest BCUT2D eigenvalue weighted by Gasteiger charge is -2.51. The minimum Gasteiger partial charge on any atom is -0.496 e. The first-order valence-corrected chi connectivity index (χ1v) is 8.52. The Bertz CT molecular complexity index is 558. The Hall–Kier alpha value is -1.79. The summed E-state index contributed by atoms with van der Waals surface area (Å²) in [4.78, 5) is 15.2. The van der Waals surface area contributed by atoms with E-state index in [1.165, 1.54) is 6.42 Å². The summed E-state index contributed by atoms with van der Waals surface area (Å²) < 4.78 is 16.1. The molecule has 2 aliphatic rings. The van der Waals surface area contributed by atoms with Gasteiger partial charge in [0.05, 0.1) is 27.4 Å². The fourth-order valence-corrected chi connectivity index (χ4v) is 3.64. The number of ether oxygens (including phenoxy) is 3. The molecule has 1 aromatic rings. The molecule has 1 amide bonds. The van der Waals surface area contributed by atoms with Crippen LogP contribution in [-0.2, 0) is 4.74 Å². The highest BCUT2D eigenvalue weighted by Crippen LogP contribution is 2.38. The fraction of sp³-hybridized carbons (Fsp3) is 0.611. The predicted molar refractivity (Wildman–Crippen MR) is 90.9 cm³/mol. The number of carbonyl (C=O) groups is 1. The van der Waals surface area contributed by atoms with Gasteiger partial charge in [-0.1, -0.05) is 6.07 Å². The van der Waals surface area contributed by atoms with Crippen molar-refractivity contribution in [3.05, 3.63) is 23.8 Å². The van der Waals surface area contributed by atoms with Gasteiger partial charge in [0.2, 0.25) is 0 Å². The number of nitrogens with zero attached hydrogens (tertiary/aromatic N) is 1. The van der Waals surface area contributed by atoms with E-state index in [2.05, 4.69) is 10.2 Å². The lowest BCUT2D eigenvalue weighted by Crippen LogP contribution is -2.62. The van der Waals surface area contributed by atoms with Crippen molar-refractivity contribution < 1.29 is 19.0 Å². The second-order valence-electron chi connectivity index (χ2n) is 6.40. The number of methoxy groups -OCH3 is 2. The van der Waals surface area contributed by atoms with E-state index in [4.69, 9.17) is 14.2 Å². The quantitative estimate of drug-likeness (QED) is 0.858. The number of benzene rings is 1. The molecule has 0 bridgehead atoms. The number of hydrogen-bond donors (Lipinski definition) is 1. The SMILES string of the molecule is COc1cccc(OC)c1C(=O)NCC1(N2CCOCC2)CCC1. The lowest BCUT2D eigenvalue weighted by molar-refractivity contribution is -0.0540. The van der Waals surface area contributed by atoms with Crippen LogP contribution in [0.15, 0.2) is 18.2 Å². The van der Waals surface area contributed by atoms with Gasteiger partial charge in [0.15, 0.2) is 0 Å². The molecule has 1 heterocycles. The van der Waals surface area contributed by atoms with Crippen molar-refractivity contribution in [2.45, 2.75) is 24.8 Å². The molecule has 1 aliphatic carbocycles. The summed E-state index contributed by atoms with van der Waals surface area (Å²) in [6.45, 7) is 4.07. The molecule has 1 saturated carbocycles. The van der Waals surface area contributed by atoms with Crippen molar-refractivity contribution in [3.8, 4) is 11.5 Å². The molecule has 0 atom stereocenters. The fourth-order valence-electron chi connectivity index (χ4n) is 3.64. The smallest absolute Gasteiger partial charge is 0.258 e. The van der Waals surface area contributed by atoms with Gasteiger partial charge in [0.25, 0.3) is 5.91 Å². The highest BCUT2D eigenvalue weighted by Gasteiger charge is 2.43. The molecule has 0 radical (unpaired) electrons. The van der Waals surface area contributed by atoms with Gasteiger partial charge in [-0.15, -0.1) is 0 Å². The molecule has 3 rings (SSSR count). The molecule has 132 valence electrons. The Labute approximate surface area is 143 Å². The van der Waals surface area contributed by atoms with E-state index in [0.717, 1.165) is 39.1 Å². The van der Waals surface area contributed by atoms with E-state index in [-0.39, 0.29) is 11.4 Å². The monoisotopic (exact) mass is 334 g/mol. The minimum absolute atomic E-state index is 0.0781. The summed E-state index contributed by atoms with van der Waals surface area (Å²) in [7, 11) is 3.12. The van der Waals surface area contributed by atoms with Gasteiger partial charge in [0.1, 0.15) is 17.1 Å². The van der Waals surface area contributed by atoms with Gasteiger partial charge in [-0.3, -0.25) is 9.69 Å². The molecule has 6 heteroatoms. The molecule has 1 N–H and O–H groups in total. The van der Waals surface area contributed by atoms with Gasteiger partial charge >= 0.3 is 0 Å². The van der Waals surface area contributed by atoms with E-state index in [9.17, 15) is 4.79 Å². The summed E-state index contributed by atoms with van der Waals surface area (Å²) in [5.41, 5.74) is 0.535. The van der Waals surface area contributed by atoms with Crippen LogP contribution in [0.4, 0.5) is 0 Å². The zero-order chi connectivity index (χ0) is 17.0. The zero-order valence-corrected chi connectivity index (χ0v) is 14.5. The first kappa shape index (κ1) is 17.0. The molecule has 1 aromatic carbocycles. The topological polar surface area (TPSA) is 60.0 Å². The van der Waals surface area contributed by atoms with Crippen molar-refractivity contribution in [1.82, 2.24) is 10.2 Å². The maximum atomic E-state index is 12.8. The van der Waals surface area contributed by atoms with Gasteiger partial charge in [-0.25, -0.2) is 0 Å². The average molecular weight is 334 g/mol. The Morgan fingerprint density at radius 1 is 1.21 bits per heavy atom. The maximum Gasteiger partial charge on any atom is 0.258 e. The van der Waals surface area contributed by atoms with Crippen LogP contribution < -0.4 is 14.8 Å². The van der Waals surface area contributed by atoms with Crippen LogP contribution in [-0.4, -0.2) is 63.4 Å². The predicted octanol–water partition coefficient (Wildman–Crippen LogP) is 1.69. The lowest BCUT2D eigenvalue weighted by atomic mass is 9.75. The highest BCUT2D eigenvalue weighted by molar-refractivity contribution is 5.99. The first-order valence-electron chi connectivity index (χ1n) is 8.52. The first-order chi connectivity index (χ1) is 11.7. The summed E-state index contributed by atoms with van der Waals surface area (Å²) in [6.07, 6.45) is 3.46. The van der Waals surface area contributed by atoms with Crippen LogP contribution in [0.5, 0.6) is 11.5 Å². The van der Waals surface area contributed by atoms with Crippen molar-refractivity contribution in [2.75, 3.05) is 47.1 Å². The third-order valence-electron chi connectivity index (χ3n) is 5.20. The van der Waals surface area contributed by atoms with Crippen molar-refractivity contribution in [1.29, 1.82) is 0 Å². The molecule has 24 heavy (non-hydrogen) atoms. The summed E-state index contributed by atoms with van der Waals surface area (Å²) in [6, 6.07) is 5.37. The van der Waals surface area contributed by atoms with Crippen LogP contribution >= 0.6 is 0 Å². The third kappa shape index (κ3) is 3.21. The molecule has 1 saturated heterocycles. The van der Waals surface area contributed by atoms with E-state index in [0.29, 0.717) is 23.6 Å². The standard InChI is InChI=1S/C18H26N2O4/c1-22-14-5-3-6-15(23-2)16(14)17(21)19-13-18(7-4-8-18)20-9-11-24-12-10-20/h3,5-6H,4,7-13H2,1-2H3,(H,19,21). The molecular formula is C18H26N2O4. The molecular weight excluding hydrogens is 308 g/mol. The van der Waals surface area contributed by atoms with Gasteiger partial charge in [-0.2, -0.15) is 0 Å². The number of amides is 1. The average Bonchev–Trinajstić information content (AvgIpc) is 2.60. The summed E-state index contributed by atoms with van der Waals surface area (Å²) >= 11 is 0. The second kappa shape index (κ2) is 7.40. The number of morpholine rings is 1. The van der Waals surface area contributed by atoms with E-state index in [1.54, 1.807) is 26.4 Å². The van der Waals surface area contributed by atoms with Gasteiger partial charge in [-0.05, 0) is 31.4 Å². The van der Waals surface area contributed by atoms with Gasteiger partial charge in [0, 0.05) is 25.2 Å². The highest BCUT2D eigenvalue weighted by atomic mass is 16.5. The molecule has 2 fully saturated rings.